The van der Waals surface area contributed by atoms with E-state index in [2.05, 4.69) is 37.9 Å². The molecular formula is C34H50N8O9S. The van der Waals surface area contributed by atoms with Gasteiger partial charge in [-0.05, 0) is 31.0 Å². The number of urea groups is 1. The Morgan fingerprint density at radius 1 is 1.08 bits per heavy atom. The molecule has 3 rings (SSSR count). The van der Waals surface area contributed by atoms with Crippen molar-refractivity contribution in [3.8, 4) is 11.8 Å². The van der Waals surface area contributed by atoms with Gasteiger partial charge in [-0.25, -0.2) is 4.79 Å². The Labute approximate surface area is 307 Å². The number of nitrogen functional groups attached to an aromatic ring is 1. The molecule has 2 saturated heterocycles. The first-order valence-electron chi connectivity index (χ1n) is 17.1. The second kappa shape index (κ2) is 24.1. The highest BCUT2D eigenvalue weighted by Crippen LogP contribution is 2.33. The first-order valence-corrected chi connectivity index (χ1v) is 18.2. The Kier molecular flexibility index (Phi) is 19.5. The van der Waals surface area contributed by atoms with Crippen LogP contribution >= 0.6 is 11.8 Å². The van der Waals surface area contributed by atoms with Crippen molar-refractivity contribution in [2.24, 2.45) is 21.7 Å². The number of nitrogens with two attached hydrogens (primary N) is 3. The number of carbonyl (C=O) groups excluding carboxylic acids is 3. The SMILES string of the molecule is NN=C(C=NCCOCCOCCOCCNC(=O)CCCC[C@@H]1SCC2NC(=O)N[C@@H]21)COCC#Cc1ccc(C(=O)C[C@H](N)C(=O)O)c(N)c1. The minimum atomic E-state index is -1.30. The van der Waals surface area contributed by atoms with E-state index in [0.29, 0.717) is 75.7 Å². The van der Waals surface area contributed by atoms with Gasteiger partial charge in [0.25, 0.3) is 0 Å². The number of thioether (sulfide) groups is 1. The van der Waals surface area contributed by atoms with E-state index in [-0.39, 0.29) is 54.9 Å². The summed E-state index contributed by atoms with van der Waals surface area (Å²) < 4.78 is 21.9. The van der Waals surface area contributed by atoms with Crippen LogP contribution in [0.4, 0.5) is 10.5 Å². The molecule has 1 aromatic carbocycles. The quantitative estimate of drug-likeness (QED) is 0.0101. The van der Waals surface area contributed by atoms with Gasteiger partial charge in [0.05, 0.1) is 64.9 Å². The lowest BCUT2D eigenvalue weighted by atomic mass is 10.0. The van der Waals surface area contributed by atoms with Crippen LogP contribution in [0.5, 0.6) is 0 Å². The van der Waals surface area contributed by atoms with Gasteiger partial charge in [-0.15, -0.1) is 0 Å². The highest BCUT2D eigenvalue weighted by atomic mass is 32.2. The number of carboxylic acid groups (broad SMARTS) is 1. The minimum Gasteiger partial charge on any atom is -0.480 e. The molecule has 2 fully saturated rings. The van der Waals surface area contributed by atoms with E-state index in [9.17, 15) is 19.2 Å². The molecule has 0 bridgehead atoms. The largest absolute Gasteiger partial charge is 0.480 e. The van der Waals surface area contributed by atoms with Gasteiger partial charge in [0.15, 0.2) is 5.78 Å². The molecular weight excluding hydrogens is 696 g/mol. The number of benzene rings is 1. The normalized spacial score (nSPS) is 18.7. The number of unbranched alkanes of at least 4 members (excludes halogenated alkanes) is 1. The van der Waals surface area contributed by atoms with Gasteiger partial charge in [-0.1, -0.05) is 18.3 Å². The lowest BCUT2D eigenvalue weighted by Gasteiger charge is -2.16. The maximum Gasteiger partial charge on any atom is 0.320 e. The average molecular weight is 747 g/mol. The fourth-order valence-corrected chi connectivity index (χ4v) is 6.74. The number of nitrogens with zero attached hydrogens (tertiary/aromatic N) is 2. The Morgan fingerprint density at radius 2 is 1.83 bits per heavy atom. The average Bonchev–Trinajstić information content (AvgIpc) is 3.67. The standard InChI is InChI=1S/C34H50N8O9S/c35-26-18-23(7-8-25(26)29(43)19-27(36)33(45)46)4-3-11-51-21-24(42-37)20-38-9-12-48-14-16-50-17-15-49-13-10-39-31(44)6-2-1-5-30-32-28(22-52-30)40-34(47)41-32/h7-8,18,20,27-28,30,32H,1-2,5-6,9-17,19,21-22,35-37H2,(H,39,44)(H,45,46)(H2,40,41,47)/t27-,28?,30-,32-/m0/s1. The summed E-state index contributed by atoms with van der Waals surface area (Å²) in [7, 11) is 0. The van der Waals surface area contributed by atoms with Crippen LogP contribution in [0.15, 0.2) is 28.3 Å². The summed E-state index contributed by atoms with van der Waals surface area (Å²) in [6.07, 6.45) is 4.39. The number of fused-ring (bicyclic) bond motifs is 1. The lowest BCUT2D eigenvalue weighted by Crippen LogP contribution is -2.36. The second-order valence-corrected chi connectivity index (χ2v) is 13.2. The van der Waals surface area contributed by atoms with Crippen LogP contribution in [0.3, 0.4) is 0 Å². The molecule has 0 saturated carbocycles. The maximum atomic E-state index is 12.2. The topological polar surface area (TPSA) is 264 Å². The van der Waals surface area contributed by atoms with Crippen molar-refractivity contribution in [1.29, 1.82) is 0 Å². The van der Waals surface area contributed by atoms with Crippen LogP contribution in [-0.4, -0.2) is 136 Å². The van der Waals surface area contributed by atoms with Crippen molar-refractivity contribution in [3.05, 3.63) is 29.3 Å². The Balaban J connectivity index is 1.10. The van der Waals surface area contributed by atoms with Crippen LogP contribution in [0, 0.1) is 11.8 Å². The number of Topliss-reactive ketones (excluding diaryl/α,β-unsaturated/α-hetero) is 1. The summed E-state index contributed by atoms with van der Waals surface area (Å²) in [5.41, 5.74) is 12.7. The van der Waals surface area contributed by atoms with E-state index in [1.165, 1.54) is 18.3 Å². The first kappa shape index (κ1) is 42.2. The molecule has 2 aliphatic rings. The number of nitrogens with one attached hydrogen (secondary N) is 3. The van der Waals surface area contributed by atoms with E-state index in [1.807, 2.05) is 11.8 Å². The van der Waals surface area contributed by atoms with Crippen LogP contribution in [0.1, 0.15) is 48.0 Å². The molecule has 17 nitrogen and oxygen atoms in total. The number of amides is 3. The van der Waals surface area contributed by atoms with Gasteiger partial charge < -0.3 is 57.3 Å². The van der Waals surface area contributed by atoms with Crippen molar-refractivity contribution < 1.29 is 43.2 Å². The van der Waals surface area contributed by atoms with Crippen molar-refractivity contribution >= 4 is 53.1 Å². The summed E-state index contributed by atoms with van der Waals surface area (Å²) in [4.78, 5) is 50.8. The number of hydrogen-bond acceptors (Lipinski definition) is 14. The summed E-state index contributed by atoms with van der Waals surface area (Å²) in [6, 6.07) is 3.67. The molecule has 0 spiro atoms. The van der Waals surface area contributed by atoms with E-state index >= 15 is 0 Å². The highest BCUT2D eigenvalue weighted by molar-refractivity contribution is 8.00. The molecule has 286 valence electrons. The molecule has 52 heavy (non-hydrogen) atoms. The first-order chi connectivity index (χ1) is 25.2. The van der Waals surface area contributed by atoms with Gasteiger partial charge in [0.1, 0.15) is 18.4 Å². The predicted octanol–water partition coefficient (Wildman–Crippen LogP) is -0.101. The van der Waals surface area contributed by atoms with Gasteiger partial charge in [0, 0.05) is 53.4 Å². The molecule has 4 atom stereocenters. The summed E-state index contributed by atoms with van der Waals surface area (Å²) >= 11 is 1.89. The Bertz CT molecular complexity index is 1450. The predicted molar refractivity (Wildman–Crippen MR) is 198 cm³/mol. The van der Waals surface area contributed by atoms with Crippen molar-refractivity contribution in [2.45, 2.75) is 55.5 Å². The zero-order valence-corrected chi connectivity index (χ0v) is 30.0. The van der Waals surface area contributed by atoms with Crippen molar-refractivity contribution in [1.82, 2.24) is 16.0 Å². The van der Waals surface area contributed by atoms with Gasteiger partial charge in [0.2, 0.25) is 5.91 Å². The van der Waals surface area contributed by atoms with E-state index in [0.717, 1.165) is 25.0 Å². The third-order valence-electron chi connectivity index (χ3n) is 7.90. The lowest BCUT2D eigenvalue weighted by molar-refractivity contribution is -0.138. The van der Waals surface area contributed by atoms with Gasteiger partial charge in [-0.2, -0.15) is 16.9 Å². The number of ketones is 1. The number of carbonyl (C=O) groups is 4. The molecule has 10 N–H and O–H groups in total. The maximum absolute atomic E-state index is 12.2. The third kappa shape index (κ3) is 16.0. The highest BCUT2D eigenvalue weighted by Gasteiger charge is 2.42. The fraction of sp³-hybridized carbons (Fsp3) is 0.588. The number of aliphatic carboxylic acids is 1. The van der Waals surface area contributed by atoms with Crippen LogP contribution < -0.4 is 33.3 Å². The van der Waals surface area contributed by atoms with Crippen molar-refractivity contribution in [3.63, 3.8) is 0 Å². The van der Waals surface area contributed by atoms with Crippen LogP contribution in [0.2, 0.25) is 0 Å². The summed E-state index contributed by atoms with van der Waals surface area (Å²) in [5.74, 6) is 10.3. The zero-order chi connectivity index (χ0) is 37.6. The van der Waals surface area contributed by atoms with E-state index in [1.54, 1.807) is 6.07 Å². The number of carboxylic acids is 1. The number of hydrogen-bond donors (Lipinski definition) is 7. The Hall–Kier alpha value is -4.25. The summed E-state index contributed by atoms with van der Waals surface area (Å²) in [6.45, 7) is 3.47. The molecule has 18 heteroatoms. The summed E-state index contributed by atoms with van der Waals surface area (Å²) in [5, 5.41) is 21.7. The smallest absolute Gasteiger partial charge is 0.320 e. The van der Waals surface area contributed by atoms with Crippen LogP contribution in [-0.2, 0) is 28.5 Å². The monoisotopic (exact) mass is 746 g/mol. The molecule has 1 aromatic rings. The number of rotatable bonds is 25. The Morgan fingerprint density at radius 3 is 2.56 bits per heavy atom. The molecule has 0 aliphatic carbocycles. The van der Waals surface area contributed by atoms with E-state index in [4.69, 9.17) is 41.4 Å². The number of aliphatic imine (C=N–C) groups is 1. The number of anilines is 1. The van der Waals surface area contributed by atoms with Gasteiger partial charge >= 0.3 is 12.0 Å². The third-order valence-corrected chi connectivity index (χ3v) is 9.40. The minimum absolute atomic E-state index is 0.0174. The molecule has 0 aromatic heterocycles. The number of hydrazone groups is 1. The fourth-order valence-electron chi connectivity index (χ4n) is 5.20. The second-order valence-electron chi connectivity index (χ2n) is 11.9. The molecule has 1 unspecified atom stereocenters. The van der Waals surface area contributed by atoms with Crippen LogP contribution in [0.25, 0.3) is 0 Å². The van der Waals surface area contributed by atoms with E-state index < -0.39 is 17.8 Å². The van der Waals surface area contributed by atoms with Gasteiger partial charge in [-0.3, -0.25) is 19.4 Å². The molecule has 2 aliphatic heterocycles. The molecule has 3 amide bonds. The zero-order valence-electron chi connectivity index (χ0n) is 29.2. The number of ether oxygens (including phenoxy) is 4. The molecule has 2 heterocycles. The van der Waals surface area contributed by atoms with Crippen molar-refractivity contribution in [2.75, 3.05) is 77.4 Å². The molecule has 0 radical (unpaired) electrons.